The highest BCUT2D eigenvalue weighted by Gasteiger charge is 2.53. The molecule has 23 atom stereocenters. The Balaban J connectivity index is 1.09. The minimum atomic E-state index is -2.28. The Morgan fingerprint density at radius 1 is 0.669 bits per heavy atom. The number of ketones is 2. The van der Waals surface area contributed by atoms with Crippen molar-refractivity contribution in [2.45, 2.75) is 285 Å². The summed E-state index contributed by atoms with van der Waals surface area (Å²) in [7, 11) is 0. The highest BCUT2D eigenvalue weighted by atomic mass is 35.5. The van der Waals surface area contributed by atoms with Crippen LogP contribution in [0.15, 0.2) is 72.8 Å². The first-order chi connectivity index (χ1) is 60.5. The van der Waals surface area contributed by atoms with E-state index in [2.05, 4.69) is 38.8 Å². The van der Waals surface area contributed by atoms with Gasteiger partial charge in [0.25, 0.3) is 6.47 Å². The Bertz CT molecular complexity index is 4720. The van der Waals surface area contributed by atoms with Crippen LogP contribution in [0.25, 0.3) is 11.1 Å². The summed E-state index contributed by atoms with van der Waals surface area (Å²) in [6.07, 6.45) is -16.9. The van der Waals surface area contributed by atoms with Gasteiger partial charge in [0.1, 0.15) is 95.7 Å². The highest BCUT2D eigenvalue weighted by molar-refractivity contribution is 6.32. The van der Waals surface area contributed by atoms with Gasteiger partial charge < -0.3 is 142 Å². The molecule has 8 aliphatic rings. The summed E-state index contributed by atoms with van der Waals surface area (Å²) in [5.74, 6) is -17.9. The maximum absolute atomic E-state index is 16.6. The maximum atomic E-state index is 16.6. The number of aromatic hydroxyl groups is 3. The van der Waals surface area contributed by atoms with E-state index in [1.54, 1.807) is 20.8 Å². The lowest BCUT2D eigenvalue weighted by Crippen LogP contribution is -2.65. The van der Waals surface area contributed by atoms with Crippen LogP contribution in [-0.2, 0) is 68.6 Å². The van der Waals surface area contributed by atoms with E-state index < -0.39 is 287 Å². The number of carbonyl (C=O) groups is 8. The van der Waals surface area contributed by atoms with Crippen molar-refractivity contribution in [3.05, 3.63) is 116 Å². The number of amides is 5. The molecule has 5 amide bonds. The van der Waals surface area contributed by atoms with Gasteiger partial charge in [-0.1, -0.05) is 133 Å². The quantitative estimate of drug-likeness (QED) is 0.0195. The van der Waals surface area contributed by atoms with Gasteiger partial charge in [-0.15, -0.1) is 0 Å². The van der Waals surface area contributed by atoms with Crippen LogP contribution in [0.3, 0.4) is 0 Å². The molecule has 38 heteroatoms. The van der Waals surface area contributed by atoms with Gasteiger partial charge in [-0.25, -0.2) is 0 Å². The molecule has 0 saturated carbocycles. The molecule has 127 heavy (non-hydrogen) atoms. The Kier molecular flexibility index (Phi) is 34.2. The van der Waals surface area contributed by atoms with Gasteiger partial charge in [0.2, 0.25) is 47.8 Å². The molecule has 11 bridgehead atoms. The van der Waals surface area contributed by atoms with E-state index >= 15 is 24.0 Å². The zero-order valence-electron chi connectivity index (χ0n) is 71.3. The molecule has 3 saturated heterocycles. The number of unbranched alkanes of at least 4 members (excludes halogenated alkanes) is 10. The Labute approximate surface area is 743 Å². The van der Waals surface area contributed by atoms with Crippen molar-refractivity contribution in [2.24, 2.45) is 23.5 Å². The fourth-order valence-electron chi connectivity index (χ4n) is 17.3. The fourth-order valence-corrected chi connectivity index (χ4v) is 17.7. The number of hydrogen-bond acceptors (Lipinski definition) is 31. The lowest BCUT2D eigenvalue weighted by molar-refractivity contribution is -0.334. The number of phenolic OH excluding ortho intramolecular Hbond substituents is 3. The average molecular weight is 1820 g/mol. The molecule has 8 aliphatic heterocycles. The number of nitrogens with two attached hydrogens (primary N) is 1. The summed E-state index contributed by atoms with van der Waals surface area (Å²) in [5, 5.41) is 167. The first-order valence-electron chi connectivity index (χ1n) is 43.1. The van der Waals surface area contributed by atoms with Crippen molar-refractivity contribution < 1.29 is 143 Å². The maximum Gasteiger partial charge on any atom is 0.295 e. The zero-order valence-corrected chi connectivity index (χ0v) is 72.8. The third-order valence-electron chi connectivity index (χ3n) is 24.5. The van der Waals surface area contributed by atoms with Crippen LogP contribution in [-0.4, -0.2) is 231 Å². The summed E-state index contributed by atoms with van der Waals surface area (Å²) in [4.78, 5) is 119. The van der Waals surface area contributed by atoms with E-state index in [1.807, 2.05) is 13.8 Å². The molecular formula is C89H117Cl2N7O29. The van der Waals surface area contributed by atoms with Crippen molar-refractivity contribution in [1.29, 1.82) is 0 Å². The van der Waals surface area contributed by atoms with Crippen molar-refractivity contribution in [3.63, 3.8) is 0 Å². The molecular weight excluding hydrogens is 1700 g/mol. The van der Waals surface area contributed by atoms with Crippen molar-refractivity contribution in [2.75, 3.05) is 19.8 Å². The molecule has 0 radical (unpaired) electrons. The number of fused-ring (bicyclic) bond motifs is 15. The largest absolute Gasteiger partial charge is 0.507 e. The second-order valence-corrected chi connectivity index (χ2v) is 35.0. The van der Waals surface area contributed by atoms with Gasteiger partial charge >= 0.3 is 0 Å². The summed E-state index contributed by atoms with van der Waals surface area (Å²) in [5.41, 5.74) is 1.56. The molecule has 5 aromatic carbocycles. The normalized spacial score (nSPS) is 29.6. The van der Waals surface area contributed by atoms with Crippen LogP contribution in [0.4, 0.5) is 0 Å². The summed E-state index contributed by atoms with van der Waals surface area (Å²) in [6, 6.07) is 5.34. The Morgan fingerprint density at radius 3 is 1.87 bits per heavy atom. The molecule has 36 nitrogen and oxygen atoms in total. The van der Waals surface area contributed by atoms with Crippen LogP contribution < -0.4 is 51.8 Å². The fraction of sp³-hybridized carbons (Fsp3) is 0.573. The van der Waals surface area contributed by atoms with E-state index in [0.717, 1.165) is 80.6 Å². The van der Waals surface area contributed by atoms with E-state index in [9.17, 15) is 80.8 Å². The number of benzene rings is 5. The van der Waals surface area contributed by atoms with Gasteiger partial charge in [-0.2, -0.15) is 0 Å². The van der Waals surface area contributed by atoms with Gasteiger partial charge in [-0.3, -0.25) is 38.4 Å². The first kappa shape index (κ1) is 98.6. The second kappa shape index (κ2) is 44.1. The van der Waals surface area contributed by atoms with Crippen LogP contribution in [0.2, 0.25) is 10.0 Å². The number of nitrogens with one attached hydrogen (secondary N) is 6. The SMILES string of the molecule is CCCCCCCCCCCCCNC1(C)C[C@H](O[C@@H]2C(O)C(O)[C@@H](CO)O[C@H]2Oc2c3cc4cc2Oc2ccc(cc2Cl)[C@@H](O)[C@@H](NC(=O)[C@H](CC)CC(C)C)C(=O)C[C@@H](CC(N)=O)C(=O)N[C@H]4C(=O)C[C@@H]2C(=O)N[C@H](C(=O)N[C@H](OC=O)c4cc(O)c(CNC5C(O)OC(CO)[C@H](O)[C@@H]5O)c(O)c4-c4cc2ccc4O)[C@H](O)c2ccc(c(Cl)c2)O3)O[C@@H](C)[C@H]1O. The van der Waals surface area contributed by atoms with Gasteiger partial charge in [0, 0.05) is 60.4 Å². The monoisotopic (exact) mass is 1820 g/mol. The number of rotatable bonds is 31. The number of primary amides is 1. The second-order valence-electron chi connectivity index (χ2n) is 34.2. The molecule has 0 spiro atoms. The van der Waals surface area contributed by atoms with E-state index in [0.29, 0.717) is 13.0 Å². The summed E-state index contributed by atoms with van der Waals surface area (Å²) < 4.78 is 50.5. The molecule has 0 aliphatic carbocycles. The van der Waals surface area contributed by atoms with Crippen molar-refractivity contribution in [3.8, 4) is 57.1 Å². The third-order valence-corrected chi connectivity index (χ3v) is 25.1. The lowest BCUT2D eigenvalue weighted by atomic mass is 9.84. The van der Waals surface area contributed by atoms with Gasteiger partial charge in [-0.05, 0) is 122 Å². The number of halogens is 2. The molecule has 13 rings (SSSR count). The standard InChI is InChI=1S/C89H117Cl2N7O29/c1-7-9-10-11-12-13-14-15-16-17-18-25-94-89(6)36-66(121-42(5)81(89)114)126-80-78(113)76(111)64(39-100)125-88(80)127-79-61-31-47-32-62(79)123-60-24-21-46(29-54(60)91)73(108)70-85(118)98-86(120-40-101)51-35-56(103)52(37-93-71-77(112)75(110)63(38-99)124-87(71)119)74(109)67(51)50-27-44(19-22-55(50)102)49(84(117)97-70)34-58(105)68(47)95-83(116)48(33-65(92)106)30-57(104)69(96-82(115)43(8-2)26-41(3)4)72(107)45-20-23-59(122-61)53(90)28-45/h19-24,27-29,31-32,35,40-43,48-49,63-64,66,68-73,75-78,80-81,86-88,93-94,99-100,102-103,107-114,119H,7-18,25-26,30,33-34,36-39H2,1-6H3,(H2,92,106)(H,95,116)(H,96,115)(H,97,117)(H,98,118)/t42-,43+,48-,49-,63?,64+,66-,68+,69-,70-,71?,72+,73+,75-,76?,77+,78?,80+,81+,86+,87?,88-,89?/m0/s1. The third kappa shape index (κ3) is 23.2. The number of aliphatic hydroxyl groups excluding tert-OH is 10. The highest BCUT2D eigenvalue weighted by Crippen LogP contribution is 2.52. The Hall–Kier alpha value is -9.00. The molecule has 0 aromatic heterocycles. The number of phenols is 3. The van der Waals surface area contributed by atoms with Crippen LogP contribution in [0.5, 0.6) is 46.0 Å². The molecule has 5 aromatic rings. The predicted molar refractivity (Wildman–Crippen MR) is 453 cm³/mol. The van der Waals surface area contributed by atoms with E-state index in [-0.39, 0.29) is 58.4 Å². The number of aliphatic hydroxyl groups is 10. The smallest absolute Gasteiger partial charge is 0.295 e. The number of ether oxygens (including phenoxy) is 8. The van der Waals surface area contributed by atoms with Crippen LogP contribution >= 0.6 is 23.2 Å². The average Bonchev–Trinajstić information content (AvgIpc) is 0.758. The topological polar surface area (TPSA) is 572 Å². The van der Waals surface area contributed by atoms with Gasteiger partial charge in [0.15, 0.2) is 41.7 Å². The minimum absolute atomic E-state index is 0.0406. The molecule has 21 N–H and O–H groups in total. The molecule has 3 fully saturated rings. The Morgan fingerprint density at radius 2 is 1.28 bits per heavy atom. The van der Waals surface area contributed by atoms with E-state index in [1.165, 1.54) is 62.8 Å². The zero-order chi connectivity index (χ0) is 92.2. The van der Waals surface area contributed by atoms with Crippen LogP contribution in [0.1, 0.15) is 214 Å². The first-order valence-corrected chi connectivity index (χ1v) is 43.9. The molecule has 8 heterocycles. The number of hydrogen-bond donors (Lipinski definition) is 20. The minimum Gasteiger partial charge on any atom is -0.507 e. The van der Waals surface area contributed by atoms with E-state index in [4.69, 9.17) is 66.8 Å². The number of carbonyl (C=O) groups excluding carboxylic acids is 8. The lowest BCUT2D eigenvalue weighted by Gasteiger charge is -2.48. The van der Waals surface area contributed by atoms with Crippen molar-refractivity contribution >= 4 is 70.8 Å². The van der Waals surface area contributed by atoms with Gasteiger partial charge in [0.05, 0.1) is 58.9 Å². The predicted octanol–water partition coefficient (Wildman–Crippen LogP) is 5.40. The molecule has 696 valence electrons. The van der Waals surface area contributed by atoms with Crippen LogP contribution in [0, 0.1) is 17.8 Å². The number of Topliss-reactive ketones (excluding diaryl/α,β-unsaturated/α-hetero) is 2. The molecule has 6 unspecified atom stereocenters. The summed E-state index contributed by atoms with van der Waals surface area (Å²) >= 11 is 14.5. The summed E-state index contributed by atoms with van der Waals surface area (Å²) in [6.45, 7) is 8.83. The van der Waals surface area contributed by atoms with Crippen molar-refractivity contribution in [1.82, 2.24) is 31.9 Å².